The number of esters is 1. The van der Waals surface area contributed by atoms with E-state index in [-0.39, 0.29) is 36.0 Å². The number of ether oxygens (including phenoxy) is 3. The van der Waals surface area contributed by atoms with E-state index in [2.05, 4.69) is 47.1 Å². The molecule has 0 radical (unpaired) electrons. The van der Waals surface area contributed by atoms with Crippen molar-refractivity contribution in [1.82, 2.24) is 0 Å². The molecule has 0 aromatic heterocycles. The zero-order valence-corrected chi connectivity index (χ0v) is 27.1. The molecule has 3 aliphatic rings. The Morgan fingerprint density at radius 2 is 1.56 bits per heavy atom. The van der Waals surface area contributed by atoms with Crippen molar-refractivity contribution in [2.45, 2.75) is 86.4 Å². The number of rotatable bonds is 10. The van der Waals surface area contributed by atoms with Crippen molar-refractivity contribution in [1.29, 1.82) is 0 Å². The second kappa shape index (κ2) is 12.5. The van der Waals surface area contributed by atoms with Crippen LogP contribution in [0, 0.1) is 11.8 Å². The van der Waals surface area contributed by atoms with Crippen molar-refractivity contribution in [3.8, 4) is 0 Å². The number of carbonyl (C=O) groups is 1. The maximum Gasteiger partial charge on any atom is 0.313 e. The van der Waals surface area contributed by atoms with Gasteiger partial charge in [0.15, 0.2) is 15.6 Å². The molecule has 3 fully saturated rings. The van der Waals surface area contributed by atoms with Crippen LogP contribution in [0.5, 0.6) is 0 Å². The molecule has 2 saturated carbocycles. The summed E-state index contributed by atoms with van der Waals surface area (Å²) in [5.74, 6) is -1.20. The van der Waals surface area contributed by atoms with Gasteiger partial charge in [0.1, 0.15) is 12.2 Å². The summed E-state index contributed by atoms with van der Waals surface area (Å²) in [6.07, 6.45) is 4.28. The fourth-order valence-corrected chi connectivity index (χ4v) is 9.74. The van der Waals surface area contributed by atoms with Gasteiger partial charge in [0.05, 0.1) is 22.7 Å². The fraction of sp³-hybridized carbons (Fsp3) is 0.457. The van der Waals surface area contributed by atoms with E-state index >= 15 is 0 Å². The minimum absolute atomic E-state index is 0.0340. The molecular formula is C35H39BrO6S. The van der Waals surface area contributed by atoms with E-state index in [0.29, 0.717) is 28.1 Å². The Balaban J connectivity index is 1.20. The van der Waals surface area contributed by atoms with E-state index in [9.17, 15) is 13.2 Å². The molecule has 5 atom stereocenters. The van der Waals surface area contributed by atoms with Gasteiger partial charge in [-0.1, -0.05) is 73.7 Å². The maximum atomic E-state index is 13.3. The molecule has 228 valence electrons. The third-order valence-electron chi connectivity index (χ3n) is 9.15. The van der Waals surface area contributed by atoms with Crippen molar-refractivity contribution >= 4 is 31.7 Å². The Bertz CT molecular complexity index is 1490. The van der Waals surface area contributed by atoms with Crippen LogP contribution in [0.25, 0.3) is 0 Å². The van der Waals surface area contributed by atoms with E-state index in [1.54, 1.807) is 18.2 Å². The van der Waals surface area contributed by atoms with Gasteiger partial charge in [0.2, 0.25) is 0 Å². The summed E-state index contributed by atoms with van der Waals surface area (Å²) in [6, 6.07) is 25.8. The lowest BCUT2D eigenvalue weighted by molar-refractivity contribution is -0.173. The first-order valence-electron chi connectivity index (χ1n) is 15.4. The smallest absolute Gasteiger partial charge is 0.313 e. The Kier molecular flexibility index (Phi) is 8.84. The minimum Gasteiger partial charge on any atom is -0.466 e. The molecule has 3 aromatic rings. The second-order valence-electron chi connectivity index (χ2n) is 12.3. The SMILES string of the molecule is CCOC(=O)C(c1ccc(S(=O)(=O)C2CC2)c(Br)c1)C(C)C[C@@H]1CCC2(C1)O[C@@H](c1ccccc1)[C@H](c1ccccc1)O2. The normalized spacial score (nSPS) is 24.6. The number of hydrogen-bond acceptors (Lipinski definition) is 6. The summed E-state index contributed by atoms with van der Waals surface area (Å²) in [5.41, 5.74) is 2.97. The maximum absolute atomic E-state index is 13.3. The summed E-state index contributed by atoms with van der Waals surface area (Å²) < 4.78 is 45.5. The fourth-order valence-electron chi connectivity index (χ4n) is 6.96. The molecule has 8 heteroatoms. The highest BCUT2D eigenvalue weighted by Crippen LogP contribution is 2.55. The van der Waals surface area contributed by atoms with Gasteiger partial charge in [-0.15, -0.1) is 0 Å². The summed E-state index contributed by atoms with van der Waals surface area (Å²) >= 11 is 3.50. The first-order chi connectivity index (χ1) is 20.7. The standard InChI is InChI=1S/C35H39BrO6S/c1-3-40-34(37)31(27-14-17-30(29(36)21-27)43(38,39)28-15-16-28)23(2)20-24-18-19-35(22-24)41-32(25-10-6-4-7-11-25)33(42-35)26-12-8-5-9-13-26/h4-14,17,21,23-24,28,31-33H,3,15-16,18-20,22H2,1-2H3/t23?,24-,31?,32-,33-/m0/s1. The van der Waals surface area contributed by atoms with Crippen LogP contribution in [0.3, 0.4) is 0 Å². The van der Waals surface area contributed by atoms with Gasteiger partial charge in [-0.2, -0.15) is 0 Å². The zero-order chi connectivity index (χ0) is 30.2. The van der Waals surface area contributed by atoms with Gasteiger partial charge < -0.3 is 14.2 Å². The molecule has 0 bridgehead atoms. The third kappa shape index (κ3) is 6.35. The Morgan fingerprint density at radius 1 is 0.953 bits per heavy atom. The zero-order valence-electron chi connectivity index (χ0n) is 24.7. The van der Waals surface area contributed by atoms with Gasteiger partial charge in [0, 0.05) is 17.3 Å². The highest BCUT2D eigenvalue weighted by atomic mass is 79.9. The summed E-state index contributed by atoms with van der Waals surface area (Å²) in [7, 11) is -3.36. The molecule has 0 amide bonds. The van der Waals surface area contributed by atoms with Crippen molar-refractivity contribution in [2.24, 2.45) is 11.8 Å². The Labute approximate surface area is 263 Å². The predicted octanol–water partition coefficient (Wildman–Crippen LogP) is 8.08. The van der Waals surface area contributed by atoms with Crippen LogP contribution >= 0.6 is 15.9 Å². The molecule has 1 heterocycles. The summed E-state index contributed by atoms with van der Waals surface area (Å²) in [6.45, 7) is 4.18. The Hall–Kier alpha value is -2.52. The summed E-state index contributed by atoms with van der Waals surface area (Å²) in [4.78, 5) is 13.6. The number of hydrogen-bond donors (Lipinski definition) is 0. The number of benzene rings is 3. The molecule has 3 aromatic carbocycles. The number of carbonyl (C=O) groups excluding carboxylic acids is 1. The largest absolute Gasteiger partial charge is 0.466 e. The molecule has 2 unspecified atom stereocenters. The Morgan fingerprint density at radius 3 is 2.09 bits per heavy atom. The van der Waals surface area contributed by atoms with Crippen LogP contribution in [0.1, 0.15) is 87.2 Å². The molecule has 6 nitrogen and oxygen atoms in total. The first-order valence-corrected chi connectivity index (χ1v) is 17.7. The molecule has 43 heavy (non-hydrogen) atoms. The average Bonchev–Trinajstić information content (AvgIpc) is 3.71. The predicted molar refractivity (Wildman–Crippen MR) is 168 cm³/mol. The van der Waals surface area contributed by atoms with Gasteiger partial charge in [-0.25, -0.2) is 8.42 Å². The van der Waals surface area contributed by atoms with Crippen LogP contribution in [0.15, 0.2) is 88.2 Å². The first kappa shape index (κ1) is 30.5. The van der Waals surface area contributed by atoms with Gasteiger partial charge in [-0.05, 0) is 89.2 Å². The van der Waals surface area contributed by atoms with Crippen molar-refractivity contribution in [3.05, 3.63) is 100 Å². The molecule has 1 aliphatic heterocycles. The average molecular weight is 668 g/mol. The topological polar surface area (TPSA) is 78.9 Å². The molecule has 1 saturated heterocycles. The lowest BCUT2D eigenvalue weighted by Crippen LogP contribution is -2.28. The second-order valence-corrected chi connectivity index (χ2v) is 15.3. The summed E-state index contributed by atoms with van der Waals surface area (Å²) in [5, 5.41) is -0.299. The van der Waals surface area contributed by atoms with E-state index in [1.165, 1.54) is 0 Å². The van der Waals surface area contributed by atoms with E-state index < -0.39 is 21.5 Å². The number of sulfone groups is 1. The highest BCUT2D eigenvalue weighted by molar-refractivity contribution is 9.10. The van der Waals surface area contributed by atoms with Gasteiger partial charge in [0.25, 0.3) is 0 Å². The van der Waals surface area contributed by atoms with Crippen LogP contribution in [-0.2, 0) is 28.8 Å². The lowest BCUT2D eigenvalue weighted by Gasteiger charge is -2.27. The van der Waals surface area contributed by atoms with Gasteiger partial charge in [-0.3, -0.25) is 4.79 Å². The van der Waals surface area contributed by atoms with Crippen LogP contribution in [0.2, 0.25) is 0 Å². The molecule has 2 aliphatic carbocycles. The molecule has 6 rings (SSSR count). The highest BCUT2D eigenvalue weighted by Gasteiger charge is 2.53. The van der Waals surface area contributed by atoms with E-state index in [0.717, 1.165) is 42.4 Å². The molecule has 1 spiro atoms. The minimum atomic E-state index is -3.36. The van der Waals surface area contributed by atoms with E-state index in [4.69, 9.17) is 14.2 Å². The third-order valence-corrected chi connectivity index (χ3v) is 12.4. The monoisotopic (exact) mass is 666 g/mol. The number of halogens is 1. The van der Waals surface area contributed by atoms with Crippen LogP contribution < -0.4 is 0 Å². The quantitative estimate of drug-likeness (QED) is 0.204. The molecular weight excluding hydrogens is 628 g/mol. The van der Waals surface area contributed by atoms with E-state index in [1.807, 2.05) is 43.3 Å². The van der Waals surface area contributed by atoms with Gasteiger partial charge >= 0.3 is 5.97 Å². The lowest BCUT2D eigenvalue weighted by atomic mass is 9.81. The van der Waals surface area contributed by atoms with Crippen molar-refractivity contribution < 1.29 is 27.4 Å². The van der Waals surface area contributed by atoms with Crippen LogP contribution in [-0.4, -0.2) is 32.0 Å². The van der Waals surface area contributed by atoms with Crippen LogP contribution in [0.4, 0.5) is 0 Å². The van der Waals surface area contributed by atoms with Crippen molar-refractivity contribution in [2.75, 3.05) is 6.61 Å². The van der Waals surface area contributed by atoms with Crippen molar-refractivity contribution in [3.63, 3.8) is 0 Å². The molecule has 0 N–H and O–H groups in total.